The van der Waals surface area contributed by atoms with Crippen molar-refractivity contribution in [2.24, 2.45) is 5.73 Å². The second-order valence-electron chi connectivity index (χ2n) is 4.88. The quantitative estimate of drug-likeness (QED) is 0.754. The lowest BCUT2D eigenvalue weighted by Crippen LogP contribution is -2.40. The van der Waals surface area contributed by atoms with Crippen LogP contribution in [-0.4, -0.2) is 29.6 Å². The van der Waals surface area contributed by atoms with E-state index in [-0.39, 0.29) is 16.9 Å². The van der Waals surface area contributed by atoms with Gasteiger partial charge in [0.05, 0.1) is 6.61 Å². The van der Waals surface area contributed by atoms with Crippen LogP contribution in [0.25, 0.3) is 0 Å². The molecule has 0 aromatic heterocycles. The normalized spacial score (nSPS) is 11.9. The van der Waals surface area contributed by atoms with Gasteiger partial charge in [-0.1, -0.05) is 12.2 Å². The lowest BCUT2D eigenvalue weighted by molar-refractivity contribution is -0.127. The lowest BCUT2D eigenvalue weighted by Gasteiger charge is -2.19. The predicted molar refractivity (Wildman–Crippen MR) is 86.9 cm³/mol. The van der Waals surface area contributed by atoms with E-state index in [2.05, 4.69) is 5.32 Å². The molecule has 0 radical (unpaired) electrons. The van der Waals surface area contributed by atoms with E-state index in [9.17, 15) is 4.79 Å². The summed E-state index contributed by atoms with van der Waals surface area (Å²) < 4.78 is 11.2. The summed E-state index contributed by atoms with van der Waals surface area (Å²) in [6.07, 6.45) is -0.623. The van der Waals surface area contributed by atoms with Crippen LogP contribution in [0, 0.1) is 0 Å². The third-order valence-corrected chi connectivity index (χ3v) is 2.87. The van der Waals surface area contributed by atoms with Crippen LogP contribution < -0.4 is 20.5 Å². The van der Waals surface area contributed by atoms with Crippen molar-refractivity contribution in [3.8, 4) is 11.5 Å². The number of thiocarbonyl (C=S) groups is 1. The number of carbonyl (C=O) groups is 1. The fourth-order valence-electron chi connectivity index (χ4n) is 1.67. The highest BCUT2D eigenvalue weighted by Crippen LogP contribution is 2.29. The van der Waals surface area contributed by atoms with Crippen molar-refractivity contribution in [2.45, 2.75) is 39.8 Å². The molecule has 3 N–H and O–H groups in total. The molecule has 1 atom stereocenters. The van der Waals surface area contributed by atoms with Crippen molar-refractivity contribution in [3.05, 3.63) is 23.8 Å². The van der Waals surface area contributed by atoms with E-state index < -0.39 is 6.10 Å². The number of benzene rings is 1. The molecule has 0 aliphatic rings. The molecule has 5 nitrogen and oxygen atoms in total. The summed E-state index contributed by atoms with van der Waals surface area (Å²) in [5.74, 6) is 0.834. The molecule has 6 heteroatoms. The smallest absolute Gasteiger partial charge is 0.260 e. The summed E-state index contributed by atoms with van der Waals surface area (Å²) in [6.45, 7) is 7.82. The minimum absolute atomic E-state index is 0.0619. The predicted octanol–water partition coefficient (Wildman–Crippen LogP) is 2.01. The van der Waals surface area contributed by atoms with Gasteiger partial charge in [0, 0.05) is 11.6 Å². The van der Waals surface area contributed by atoms with Crippen LogP contribution in [-0.2, 0) is 4.79 Å². The van der Waals surface area contributed by atoms with Crippen molar-refractivity contribution < 1.29 is 14.3 Å². The standard InChI is InChI=1S/C15H22N2O3S/c1-5-19-13-8-11(14(16)21)6-7-12(13)20-10(4)15(18)17-9(2)3/h6-10H,5H2,1-4H3,(H2,16,21)(H,17,18). The Morgan fingerprint density at radius 1 is 1.33 bits per heavy atom. The topological polar surface area (TPSA) is 73.6 Å². The van der Waals surface area contributed by atoms with Gasteiger partial charge in [-0.25, -0.2) is 0 Å². The van der Waals surface area contributed by atoms with Gasteiger partial charge in [0.15, 0.2) is 17.6 Å². The van der Waals surface area contributed by atoms with Gasteiger partial charge in [0.25, 0.3) is 5.91 Å². The Morgan fingerprint density at radius 2 is 2.00 bits per heavy atom. The first kappa shape index (κ1) is 17.2. The summed E-state index contributed by atoms with van der Waals surface area (Å²) in [4.78, 5) is 12.2. The first-order valence-electron chi connectivity index (χ1n) is 6.88. The van der Waals surface area contributed by atoms with Crippen LogP contribution in [0.1, 0.15) is 33.3 Å². The van der Waals surface area contributed by atoms with Crippen LogP contribution in [0.5, 0.6) is 11.5 Å². The summed E-state index contributed by atoms with van der Waals surface area (Å²) in [6, 6.07) is 5.23. The molecule has 0 saturated heterocycles. The van der Waals surface area contributed by atoms with E-state index in [0.29, 0.717) is 23.7 Å². The highest BCUT2D eigenvalue weighted by atomic mass is 32.1. The Morgan fingerprint density at radius 3 is 2.52 bits per heavy atom. The van der Waals surface area contributed by atoms with Crippen molar-refractivity contribution >= 4 is 23.1 Å². The first-order valence-corrected chi connectivity index (χ1v) is 7.29. The van der Waals surface area contributed by atoms with Gasteiger partial charge >= 0.3 is 0 Å². The highest BCUT2D eigenvalue weighted by Gasteiger charge is 2.18. The van der Waals surface area contributed by atoms with Gasteiger partial charge in [-0.2, -0.15) is 0 Å². The maximum atomic E-state index is 11.9. The van der Waals surface area contributed by atoms with Gasteiger partial charge in [-0.3, -0.25) is 4.79 Å². The third-order valence-electron chi connectivity index (χ3n) is 2.63. The second-order valence-corrected chi connectivity index (χ2v) is 5.32. The molecule has 1 aromatic rings. The van der Waals surface area contributed by atoms with E-state index in [0.717, 1.165) is 0 Å². The zero-order valence-electron chi connectivity index (χ0n) is 12.8. The molecule has 1 aromatic carbocycles. The average Bonchev–Trinajstić information content (AvgIpc) is 2.39. The van der Waals surface area contributed by atoms with Gasteiger partial charge in [0.1, 0.15) is 4.99 Å². The van der Waals surface area contributed by atoms with E-state index in [1.54, 1.807) is 25.1 Å². The zero-order valence-corrected chi connectivity index (χ0v) is 13.6. The number of nitrogens with one attached hydrogen (secondary N) is 1. The molecular formula is C15H22N2O3S. The van der Waals surface area contributed by atoms with Crippen molar-refractivity contribution in [2.75, 3.05) is 6.61 Å². The Hall–Kier alpha value is -1.82. The molecule has 0 aliphatic heterocycles. The van der Waals surface area contributed by atoms with Crippen LogP contribution in [0.2, 0.25) is 0 Å². The largest absolute Gasteiger partial charge is 0.490 e. The Bertz CT molecular complexity index is 518. The van der Waals surface area contributed by atoms with Crippen molar-refractivity contribution in [1.82, 2.24) is 5.32 Å². The molecule has 0 aliphatic carbocycles. The van der Waals surface area contributed by atoms with Gasteiger partial charge in [-0.05, 0) is 45.9 Å². The average molecular weight is 310 g/mol. The Balaban J connectivity index is 2.91. The van der Waals surface area contributed by atoms with E-state index >= 15 is 0 Å². The maximum absolute atomic E-state index is 11.9. The molecular weight excluding hydrogens is 288 g/mol. The van der Waals surface area contributed by atoms with Crippen LogP contribution in [0.3, 0.4) is 0 Å². The van der Waals surface area contributed by atoms with E-state index in [4.69, 9.17) is 27.4 Å². The number of hydrogen-bond acceptors (Lipinski definition) is 4. The van der Waals surface area contributed by atoms with Crippen molar-refractivity contribution in [3.63, 3.8) is 0 Å². The number of rotatable bonds is 7. The first-order chi connectivity index (χ1) is 9.85. The van der Waals surface area contributed by atoms with Crippen LogP contribution >= 0.6 is 12.2 Å². The second kappa shape index (κ2) is 7.83. The number of amides is 1. The van der Waals surface area contributed by atoms with Gasteiger partial charge in [0.2, 0.25) is 0 Å². The SMILES string of the molecule is CCOc1cc(C(N)=S)ccc1OC(C)C(=O)NC(C)C. The van der Waals surface area contributed by atoms with E-state index in [1.807, 2.05) is 20.8 Å². The zero-order chi connectivity index (χ0) is 16.0. The maximum Gasteiger partial charge on any atom is 0.260 e. The molecule has 0 heterocycles. The highest BCUT2D eigenvalue weighted by molar-refractivity contribution is 7.80. The molecule has 0 saturated carbocycles. The van der Waals surface area contributed by atoms with Crippen LogP contribution in [0.4, 0.5) is 0 Å². The molecule has 0 bridgehead atoms. The number of ether oxygens (including phenoxy) is 2. The van der Waals surface area contributed by atoms with Crippen LogP contribution in [0.15, 0.2) is 18.2 Å². The molecule has 116 valence electrons. The number of hydrogen-bond donors (Lipinski definition) is 2. The van der Waals surface area contributed by atoms with Gasteiger partial charge < -0.3 is 20.5 Å². The Kier molecular flexibility index (Phi) is 6.42. The monoisotopic (exact) mass is 310 g/mol. The van der Waals surface area contributed by atoms with Gasteiger partial charge in [-0.15, -0.1) is 0 Å². The number of carbonyl (C=O) groups excluding carboxylic acids is 1. The third kappa shape index (κ3) is 5.23. The number of nitrogens with two attached hydrogens (primary N) is 1. The summed E-state index contributed by atoms with van der Waals surface area (Å²) in [5.41, 5.74) is 6.30. The molecule has 0 fully saturated rings. The summed E-state index contributed by atoms with van der Waals surface area (Å²) >= 11 is 4.94. The minimum Gasteiger partial charge on any atom is -0.490 e. The minimum atomic E-state index is -0.623. The summed E-state index contributed by atoms with van der Waals surface area (Å²) in [7, 11) is 0. The van der Waals surface area contributed by atoms with E-state index in [1.165, 1.54) is 0 Å². The molecule has 0 spiro atoms. The fraction of sp³-hybridized carbons (Fsp3) is 0.467. The molecule has 1 rings (SSSR count). The Labute approximate surface area is 130 Å². The molecule has 1 amide bonds. The van der Waals surface area contributed by atoms with Crippen molar-refractivity contribution in [1.29, 1.82) is 0 Å². The fourth-order valence-corrected chi connectivity index (χ4v) is 1.80. The molecule has 1 unspecified atom stereocenters. The summed E-state index contributed by atoms with van der Waals surface area (Å²) in [5, 5.41) is 2.80. The lowest BCUT2D eigenvalue weighted by atomic mass is 10.2. The molecule has 21 heavy (non-hydrogen) atoms.